The lowest BCUT2D eigenvalue weighted by molar-refractivity contribution is -0.137. The van der Waals surface area contributed by atoms with Gasteiger partial charge in [-0.2, -0.15) is 5.10 Å². The first-order chi connectivity index (χ1) is 10.9. The lowest BCUT2D eigenvalue weighted by atomic mass is 10.1. The quantitative estimate of drug-likeness (QED) is 0.850. The van der Waals surface area contributed by atoms with Crippen molar-refractivity contribution in [1.29, 1.82) is 0 Å². The Morgan fingerprint density at radius 1 is 1.35 bits per heavy atom. The molecule has 0 radical (unpaired) electrons. The Kier molecular flexibility index (Phi) is 5.39. The zero-order chi connectivity index (χ0) is 17.0. The summed E-state index contributed by atoms with van der Waals surface area (Å²) in [5.41, 5.74) is 1.97. The maximum absolute atomic E-state index is 12.3. The van der Waals surface area contributed by atoms with Crippen LogP contribution in [0.25, 0.3) is 5.69 Å². The Morgan fingerprint density at radius 2 is 2.00 bits per heavy atom. The van der Waals surface area contributed by atoms with E-state index in [0.717, 1.165) is 5.69 Å². The minimum atomic E-state index is -0.877. The average molecular weight is 336 g/mol. The smallest absolute Gasteiger partial charge is 0.303 e. The minimum Gasteiger partial charge on any atom is -0.481 e. The summed E-state index contributed by atoms with van der Waals surface area (Å²) in [6.45, 7) is 3.58. The second kappa shape index (κ2) is 7.28. The molecule has 0 aliphatic heterocycles. The first kappa shape index (κ1) is 17.0. The molecule has 2 aromatic rings. The van der Waals surface area contributed by atoms with Crippen molar-refractivity contribution in [1.82, 2.24) is 15.1 Å². The molecule has 2 N–H and O–H groups in total. The molecule has 0 aliphatic rings. The van der Waals surface area contributed by atoms with Crippen molar-refractivity contribution in [2.24, 2.45) is 0 Å². The number of aliphatic carboxylic acids is 1. The molecule has 0 spiro atoms. The van der Waals surface area contributed by atoms with Gasteiger partial charge in [-0.25, -0.2) is 4.68 Å². The van der Waals surface area contributed by atoms with Crippen LogP contribution in [0.5, 0.6) is 0 Å². The fourth-order valence-electron chi connectivity index (χ4n) is 2.19. The number of nitrogens with one attached hydrogen (secondary N) is 1. The maximum Gasteiger partial charge on any atom is 0.303 e. The van der Waals surface area contributed by atoms with Gasteiger partial charge in [0.05, 0.1) is 23.1 Å². The van der Waals surface area contributed by atoms with Crippen LogP contribution >= 0.6 is 11.6 Å². The van der Waals surface area contributed by atoms with Crippen LogP contribution in [-0.2, 0) is 4.79 Å². The van der Waals surface area contributed by atoms with E-state index in [2.05, 4.69) is 10.4 Å². The number of carboxylic acids is 1. The van der Waals surface area contributed by atoms with Crippen molar-refractivity contribution in [3.05, 3.63) is 46.7 Å². The lowest BCUT2D eigenvalue weighted by Gasteiger charge is -2.12. The molecule has 6 nitrogen and oxygen atoms in total. The van der Waals surface area contributed by atoms with E-state index in [0.29, 0.717) is 22.7 Å². The summed E-state index contributed by atoms with van der Waals surface area (Å²) in [7, 11) is 0. The molecule has 1 aromatic heterocycles. The topological polar surface area (TPSA) is 84.2 Å². The van der Waals surface area contributed by atoms with Crippen LogP contribution < -0.4 is 5.32 Å². The molecular formula is C16H18ClN3O3. The molecule has 0 bridgehead atoms. The van der Waals surface area contributed by atoms with Gasteiger partial charge in [0.1, 0.15) is 0 Å². The number of carbonyl (C=O) groups is 2. The first-order valence-electron chi connectivity index (χ1n) is 7.21. The second-order valence-corrected chi connectivity index (χ2v) is 5.78. The Hall–Kier alpha value is -2.34. The fraction of sp³-hybridized carbons (Fsp3) is 0.312. The van der Waals surface area contributed by atoms with Gasteiger partial charge in [-0.05, 0) is 44.5 Å². The van der Waals surface area contributed by atoms with Gasteiger partial charge >= 0.3 is 5.97 Å². The van der Waals surface area contributed by atoms with E-state index in [9.17, 15) is 9.59 Å². The maximum atomic E-state index is 12.3. The highest BCUT2D eigenvalue weighted by Crippen LogP contribution is 2.17. The average Bonchev–Trinajstić information content (AvgIpc) is 2.88. The molecule has 1 atom stereocenters. The largest absolute Gasteiger partial charge is 0.481 e. The highest BCUT2D eigenvalue weighted by Gasteiger charge is 2.17. The lowest BCUT2D eigenvalue weighted by Crippen LogP contribution is -2.33. The van der Waals surface area contributed by atoms with Crippen LogP contribution in [0.3, 0.4) is 0 Å². The second-order valence-electron chi connectivity index (χ2n) is 5.34. The number of aromatic nitrogens is 2. The van der Waals surface area contributed by atoms with Crippen molar-refractivity contribution < 1.29 is 14.7 Å². The summed E-state index contributed by atoms with van der Waals surface area (Å²) >= 11 is 5.87. The molecule has 1 aromatic carbocycles. The number of halogens is 1. The van der Waals surface area contributed by atoms with Crippen molar-refractivity contribution in [2.45, 2.75) is 32.7 Å². The molecule has 0 fully saturated rings. The fourth-order valence-corrected chi connectivity index (χ4v) is 2.31. The normalized spacial score (nSPS) is 12.0. The van der Waals surface area contributed by atoms with Gasteiger partial charge in [0.2, 0.25) is 0 Å². The number of carbonyl (C=O) groups excluding carboxylic acids is 1. The highest BCUT2D eigenvalue weighted by atomic mass is 35.5. The van der Waals surface area contributed by atoms with E-state index >= 15 is 0 Å². The molecule has 0 aliphatic carbocycles. The zero-order valence-electron chi connectivity index (χ0n) is 12.9. The van der Waals surface area contributed by atoms with Crippen LogP contribution in [0.4, 0.5) is 0 Å². The zero-order valence-corrected chi connectivity index (χ0v) is 13.7. The first-order valence-corrected chi connectivity index (χ1v) is 7.59. The Morgan fingerprint density at radius 3 is 2.61 bits per heavy atom. The van der Waals surface area contributed by atoms with E-state index in [1.165, 1.54) is 6.20 Å². The van der Waals surface area contributed by atoms with Crippen LogP contribution in [0.1, 0.15) is 35.8 Å². The van der Waals surface area contributed by atoms with Gasteiger partial charge in [0.15, 0.2) is 0 Å². The van der Waals surface area contributed by atoms with E-state index in [4.69, 9.17) is 16.7 Å². The highest BCUT2D eigenvalue weighted by molar-refractivity contribution is 6.30. The minimum absolute atomic E-state index is 0.0183. The van der Waals surface area contributed by atoms with Crippen molar-refractivity contribution >= 4 is 23.5 Å². The summed E-state index contributed by atoms with van der Waals surface area (Å²) in [6.07, 6.45) is 1.90. The molecule has 23 heavy (non-hydrogen) atoms. The van der Waals surface area contributed by atoms with E-state index in [1.54, 1.807) is 30.7 Å². The van der Waals surface area contributed by atoms with Gasteiger partial charge in [0.25, 0.3) is 5.91 Å². The van der Waals surface area contributed by atoms with E-state index in [1.807, 2.05) is 12.1 Å². The number of carboxylic acid groups (broad SMARTS) is 1. The summed E-state index contributed by atoms with van der Waals surface area (Å²) in [4.78, 5) is 22.8. The Balaban J connectivity index is 2.10. The molecule has 0 saturated carbocycles. The molecule has 2 rings (SSSR count). The summed E-state index contributed by atoms with van der Waals surface area (Å²) in [5.74, 6) is -1.14. The van der Waals surface area contributed by atoms with Crippen LogP contribution in [0, 0.1) is 6.92 Å². The number of amides is 1. The number of hydrogen-bond acceptors (Lipinski definition) is 3. The van der Waals surface area contributed by atoms with Crippen molar-refractivity contribution in [3.8, 4) is 5.69 Å². The monoisotopic (exact) mass is 335 g/mol. The third kappa shape index (κ3) is 4.32. The van der Waals surface area contributed by atoms with Crippen molar-refractivity contribution in [3.63, 3.8) is 0 Å². The molecule has 1 heterocycles. The third-order valence-electron chi connectivity index (χ3n) is 3.49. The van der Waals surface area contributed by atoms with Gasteiger partial charge in [-0.15, -0.1) is 0 Å². The summed E-state index contributed by atoms with van der Waals surface area (Å²) in [6, 6.07) is 6.92. The standard InChI is InChI=1S/C16H18ClN3O3/c1-10(3-8-15(21)22)19-16(23)14-9-18-20(11(14)2)13-6-4-12(17)5-7-13/h4-7,9-10H,3,8H2,1-2H3,(H,19,23)(H,21,22). The number of nitrogens with zero attached hydrogens (tertiary/aromatic N) is 2. The third-order valence-corrected chi connectivity index (χ3v) is 3.75. The summed E-state index contributed by atoms with van der Waals surface area (Å²) < 4.78 is 1.66. The van der Waals surface area contributed by atoms with Gasteiger partial charge in [0, 0.05) is 17.5 Å². The molecule has 122 valence electrons. The van der Waals surface area contributed by atoms with Gasteiger partial charge in [-0.3, -0.25) is 9.59 Å². The number of benzene rings is 1. The Bertz CT molecular complexity index is 710. The van der Waals surface area contributed by atoms with Gasteiger partial charge in [-0.1, -0.05) is 11.6 Å². The van der Waals surface area contributed by atoms with Gasteiger partial charge < -0.3 is 10.4 Å². The SMILES string of the molecule is Cc1c(C(=O)NC(C)CCC(=O)O)cnn1-c1ccc(Cl)cc1. The Labute approximate surface area is 139 Å². The van der Waals surface area contributed by atoms with Crippen molar-refractivity contribution in [2.75, 3.05) is 0 Å². The molecule has 0 saturated heterocycles. The van der Waals surface area contributed by atoms with E-state index < -0.39 is 5.97 Å². The van der Waals surface area contributed by atoms with Crippen LogP contribution in [0.15, 0.2) is 30.5 Å². The molecule has 1 amide bonds. The molecular weight excluding hydrogens is 318 g/mol. The predicted octanol–water partition coefficient (Wildman–Crippen LogP) is 2.82. The van der Waals surface area contributed by atoms with Crippen LogP contribution in [-0.4, -0.2) is 32.8 Å². The number of rotatable bonds is 6. The molecule has 1 unspecified atom stereocenters. The molecule has 7 heteroatoms. The van der Waals surface area contributed by atoms with Crippen LogP contribution in [0.2, 0.25) is 5.02 Å². The van der Waals surface area contributed by atoms with E-state index in [-0.39, 0.29) is 18.4 Å². The number of hydrogen-bond donors (Lipinski definition) is 2. The predicted molar refractivity (Wildman–Crippen MR) is 87.1 cm³/mol. The summed E-state index contributed by atoms with van der Waals surface area (Å²) in [5, 5.41) is 16.3.